The predicted octanol–water partition coefficient (Wildman–Crippen LogP) is 2.08. The fourth-order valence-electron chi connectivity index (χ4n) is 2.95. The molecule has 180 valence electrons. The summed E-state index contributed by atoms with van der Waals surface area (Å²) in [6.45, 7) is 2.04. The summed E-state index contributed by atoms with van der Waals surface area (Å²) < 4.78 is 16.2. The second-order valence-corrected chi connectivity index (χ2v) is 8.07. The first-order valence-electron chi connectivity index (χ1n) is 10.3. The van der Waals surface area contributed by atoms with E-state index in [0.29, 0.717) is 43.4 Å². The summed E-state index contributed by atoms with van der Waals surface area (Å²) in [5, 5.41) is 14.6. The van der Waals surface area contributed by atoms with E-state index in [-0.39, 0.29) is 29.9 Å². The minimum atomic E-state index is -0.478. The van der Waals surface area contributed by atoms with Crippen molar-refractivity contribution in [2.75, 3.05) is 45.8 Å². The number of nitrogens with one attached hydrogen (secondary N) is 1. The molecule has 0 unspecified atom stereocenters. The number of hydrazone groups is 1. The summed E-state index contributed by atoms with van der Waals surface area (Å²) in [4.78, 5) is 36.9. The molecule has 0 radical (unpaired) electrons. The van der Waals surface area contributed by atoms with E-state index in [4.69, 9.17) is 14.2 Å². The molecule has 0 aromatic heterocycles. The lowest BCUT2D eigenvalue weighted by atomic mass is 10.2. The number of morpholine rings is 1. The number of nitrogens with zero attached hydrogens (tertiary/aromatic N) is 3. The molecule has 1 fully saturated rings. The van der Waals surface area contributed by atoms with Crippen LogP contribution in [-0.2, 0) is 14.3 Å². The van der Waals surface area contributed by atoms with Crippen molar-refractivity contribution in [1.29, 1.82) is 0 Å². The SMILES string of the molecule is COc1cc(/C=N\NC(=O)CSc2ccc([N+](=O)[O-])cc2)ccc1OCC(=O)N1CCOCC1. The average molecular weight is 489 g/mol. The van der Waals surface area contributed by atoms with Gasteiger partial charge in [0.2, 0.25) is 5.91 Å². The topological polar surface area (TPSA) is 133 Å². The number of thioether (sulfide) groups is 1. The van der Waals surface area contributed by atoms with Gasteiger partial charge in [-0.15, -0.1) is 11.8 Å². The summed E-state index contributed by atoms with van der Waals surface area (Å²) in [6.07, 6.45) is 1.46. The Hall–Kier alpha value is -3.64. The number of nitro benzene ring substituents is 1. The normalized spacial score (nSPS) is 13.5. The zero-order valence-corrected chi connectivity index (χ0v) is 19.3. The molecular weight excluding hydrogens is 464 g/mol. The van der Waals surface area contributed by atoms with E-state index in [2.05, 4.69) is 10.5 Å². The molecule has 2 aromatic carbocycles. The van der Waals surface area contributed by atoms with Gasteiger partial charge in [-0.2, -0.15) is 5.10 Å². The minimum absolute atomic E-state index is 0.00560. The predicted molar refractivity (Wildman–Crippen MR) is 125 cm³/mol. The van der Waals surface area contributed by atoms with Crippen molar-refractivity contribution in [2.45, 2.75) is 4.90 Å². The van der Waals surface area contributed by atoms with E-state index in [9.17, 15) is 19.7 Å². The van der Waals surface area contributed by atoms with Gasteiger partial charge >= 0.3 is 0 Å². The highest BCUT2D eigenvalue weighted by Crippen LogP contribution is 2.27. The van der Waals surface area contributed by atoms with E-state index >= 15 is 0 Å². The molecule has 2 aromatic rings. The minimum Gasteiger partial charge on any atom is -0.493 e. The maximum Gasteiger partial charge on any atom is 0.269 e. The van der Waals surface area contributed by atoms with Gasteiger partial charge in [0.25, 0.3) is 11.6 Å². The van der Waals surface area contributed by atoms with Gasteiger partial charge in [0.05, 0.1) is 37.2 Å². The van der Waals surface area contributed by atoms with Gasteiger partial charge in [-0.25, -0.2) is 5.43 Å². The molecule has 1 saturated heterocycles. The summed E-state index contributed by atoms with van der Waals surface area (Å²) in [7, 11) is 1.49. The second-order valence-electron chi connectivity index (χ2n) is 7.02. The Morgan fingerprint density at radius 3 is 2.62 bits per heavy atom. The molecule has 12 heteroatoms. The molecule has 0 aliphatic carbocycles. The summed E-state index contributed by atoms with van der Waals surface area (Å²) >= 11 is 1.24. The molecule has 1 heterocycles. The van der Waals surface area contributed by atoms with Crippen LogP contribution in [0.3, 0.4) is 0 Å². The van der Waals surface area contributed by atoms with Crippen molar-refractivity contribution < 1.29 is 28.7 Å². The molecule has 0 saturated carbocycles. The zero-order chi connectivity index (χ0) is 24.3. The summed E-state index contributed by atoms with van der Waals surface area (Å²) in [5.74, 6) is 0.504. The van der Waals surface area contributed by atoms with Crippen LogP contribution < -0.4 is 14.9 Å². The Bertz CT molecular complexity index is 1040. The molecule has 34 heavy (non-hydrogen) atoms. The fourth-order valence-corrected chi connectivity index (χ4v) is 3.64. The van der Waals surface area contributed by atoms with Crippen LogP contribution in [0.25, 0.3) is 0 Å². The zero-order valence-electron chi connectivity index (χ0n) is 18.5. The second kappa shape index (κ2) is 12.6. The van der Waals surface area contributed by atoms with E-state index < -0.39 is 4.92 Å². The molecule has 3 rings (SSSR count). The summed E-state index contributed by atoms with van der Waals surface area (Å²) in [5.41, 5.74) is 3.08. The average Bonchev–Trinajstić information content (AvgIpc) is 2.87. The molecule has 0 spiro atoms. The highest BCUT2D eigenvalue weighted by atomic mass is 32.2. The van der Waals surface area contributed by atoms with E-state index in [0.717, 1.165) is 4.90 Å². The van der Waals surface area contributed by atoms with Crippen LogP contribution in [0.2, 0.25) is 0 Å². The number of ether oxygens (including phenoxy) is 3. The Balaban J connectivity index is 1.46. The number of benzene rings is 2. The van der Waals surface area contributed by atoms with E-state index in [1.165, 1.54) is 37.2 Å². The third-order valence-electron chi connectivity index (χ3n) is 4.72. The molecule has 11 nitrogen and oxygen atoms in total. The maximum atomic E-state index is 12.2. The number of carbonyl (C=O) groups excluding carboxylic acids is 2. The lowest BCUT2D eigenvalue weighted by Gasteiger charge is -2.26. The Morgan fingerprint density at radius 2 is 1.94 bits per heavy atom. The highest BCUT2D eigenvalue weighted by molar-refractivity contribution is 8.00. The lowest BCUT2D eigenvalue weighted by molar-refractivity contribution is -0.384. The molecule has 1 aliphatic heterocycles. The number of amides is 2. The molecule has 0 bridgehead atoms. The third kappa shape index (κ3) is 7.46. The largest absolute Gasteiger partial charge is 0.493 e. The maximum absolute atomic E-state index is 12.2. The van der Waals surface area contributed by atoms with Crippen molar-refractivity contribution in [3.63, 3.8) is 0 Å². The number of nitro groups is 1. The molecule has 0 atom stereocenters. The number of carbonyl (C=O) groups is 2. The van der Waals surface area contributed by atoms with Crippen LogP contribution in [0.1, 0.15) is 5.56 Å². The molecule has 2 amide bonds. The first-order chi connectivity index (χ1) is 16.5. The van der Waals surface area contributed by atoms with Gasteiger partial charge in [-0.1, -0.05) is 0 Å². The Morgan fingerprint density at radius 1 is 1.21 bits per heavy atom. The van der Waals surface area contributed by atoms with Crippen LogP contribution in [0.5, 0.6) is 11.5 Å². The smallest absolute Gasteiger partial charge is 0.269 e. The van der Waals surface area contributed by atoms with Crippen LogP contribution in [0.4, 0.5) is 5.69 Å². The third-order valence-corrected chi connectivity index (χ3v) is 5.73. The van der Waals surface area contributed by atoms with Crippen LogP contribution in [-0.4, -0.2) is 73.6 Å². The van der Waals surface area contributed by atoms with E-state index in [1.54, 1.807) is 35.2 Å². The summed E-state index contributed by atoms with van der Waals surface area (Å²) in [6, 6.07) is 11.0. The molecule has 1 aliphatic rings. The van der Waals surface area contributed by atoms with Gasteiger partial charge < -0.3 is 19.1 Å². The number of hydrogen-bond donors (Lipinski definition) is 1. The van der Waals surface area contributed by atoms with Crippen LogP contribution in [0.15, 0.2) is 52.5 Å². The van der Waals surface area contributed by atoms with E-state index in [1.807, 2.05) is 0 Å². The molecular formula is C22H24N4O7S. The van der Waals surface area contributed by atoms with Gasteiger partial charge in [0, 0.05) is 30.1 Å². The van der Waals surface area contributed by atoms with Crippen LogP contribution >= 0.6 is 11.8 Å². The standard InChI is InChI=1S/C22H24N4O7S/c1-31-20-12-16(2-7-19(20)33-14-22(28)25-8-10-32-11-9-25)13-23-24-21(27)15-34-18-5-3-17(4-6-18)26(29)30/h2-7,12-13H,8-11,14-15H2,1H3,(H,24,27)/b23-13-. The van der Waals surface area contributed by atoms with Gasteiger partial charge in [0.1, 0.15) is 0 Å². The lowest BCUT2D eigenvalue weighted by Crippen LogP contribution is -2.43. The van der Waals surface area contributed by atoms with Crippen LogP contribution in [0, 0.1) is 10.1 Å². The van der Waals surface area contributed by atoms with Gasteiger partial charge in [-0.05, 0) is 35.9 Å². The first kappa shape index (κ1) is 25.0. The number of hydrogen-bond acceptors (Lipinski definition) is 9. The Labute approximate surface area is 200 Å². The highest BCUT2D eigenvalue weighted by Gasteiger charge is 2.18. The van der Waals surface area contributed by atoms with Gasteiger partial charge in [-0.3, -0.25) is 19.7 Å². The number of non-ortho nitro benzene ring substituents is 1. The van der Waals surface area contributed by atoms with Crippen molar-refractivity contribution in [2.24, 2.45) is 5.10 Å². The number of methoxy groups -OCH3 is 1. The Kier molecular flexibility index (Phi) is 9.23. The van der Waals surface area contributed by atoms with Crippen molar-refractivity contribution in [1.82, 2.24) is 10.3 Å². The fraction of sp³-hybridized carbons (Fsp3) is 0.318. The van der Waals surface area contributed by atoms with Crippen molar-refractivity contribution in [3.8, 4) is 11.5 Å². The van der Waals surface area contributed by atoms with Gasteiger partial charge in [0.15, 0.2) is 18.1 Å². The molecule has 1 N–H and O–H groups in total. The van der Waals surface area contributed by atoms with Crippen molar-refractivity contribution >= 4 is 35.5 Å². The van der Waals surface area contributed by atoms with Crippen molar-refractivity contribution in [3.05, 3.63) is 58.1 Å². The monoisotopic (exact) mass is 488 g/mol. The first-order valence-corrected chi connectivity index (χ1v) is 11.3. The quantitative estimate of drug-likeness (QED) is 0.233. The number of rotatable bonds is 10.